The van der Waals surface area contributed by atoms with E-state index in [2.05, 4.69) is 10.3 Å². The lowest BCUT2D eigenvalue weighted by atomic mass is 10.1. The van der Waals surface area contributed by atoms with Gasteiger partial charge in [-0.15, -0.1) is 0 Å². The van der Waals surface area contributed by atoms with Crippen LogP contribution in [0.5, 0.6) is 0 Å². The van der Waals surface area contributed by atoms with Gasteiger partial charge in [-0.05, 0) is 29.8 Å². The normalized spacial score (nSPS) is 12.5. The van der Waals surface area contributed by atoms with Gasteiger partial charge in [-0.1, -0.05) is 36.4 Å². The number of alkyl halides is 6. The Hall–Kier alpha value is -3.23. The number of nitrogens with one attached hydrogen (secondary N) is 1. The first-order valence-corrected chi connectivity index (χ1v) is 9.23. The molecule has 0 saturated carbocycles. The lowest BCUT2D eigenvalue weighted by molar-refractivity contribution is -0.142. The van der Waals surface area contributed by atoms with Crippen molar-refractivity contribution >= 4 is 28.4 Å². The summed E-state index contributed by atoms with van der Waals surface area (Å²) in [5, 5.41) is 2.74. The molecule has 3 rings (SSSR count). The van der Waals surface area contributed by atoms with Crippen molar-refractivity contribution in [2.45, 2.75) is 12.4 Å². The molecule has 3 aromatic rings. The number of aromatic nitrogens is 1. The van der Waals surface area contributed by atoms with Crippen LogP contribution in [0.2, 0.25) is 0 Å². The molecule has 0 unspecified atom stereocenters. The van der Waals surface area contributed by atoms with Crippen molar-refractivity contribution < 1.29 is 26.3 Å². The Bertz CT molecular complexity index is 1080. The van der Waals surface area contributed by atoms with Crippen molar-refractivity contribution in [3.8, 4) is 0 Å². The molecule has 0 amide bonds. The lowest BCUT2D eigenvalue weighted by Crippen LogP contribution is -2.13. The highest BCUT2D eigenvalue weighted by molar-refractivity contribution is 5.94. The first kappa shape index (κ1) is 22.5. The first-order chi connectivity index (χ1) is 14.5. The molecule has 0 aliphatic carbocycles. The van der Waals surface area contributed by atoms with E-state index < -0.39 is 29.1 Å². The molecule has 1 N–H and O–H groups in total. The Morgan fingerprint density at radius 3 is 2.19 bits per heavy atom. The molecule has 31 heavy (non-hydrogen) atoms. The van der Waals surface area contributed by atoms with Crippen LogP contribution >= 0.6 is 0 Å². The maximum absolute atomic E-state index is 13.3. The van der Waals surface area contributed by atoms with Gasteiger partial charge in [0, 0.05) is 37.4 Å². The second kappa shape index (κ2) is 8.49. The van der Waals surface area contributed by atoms with Crippen molar-refractivity contribution in [3.05, 3.63) is 71.4 Å². The summed E-state index contributed by atoms with van der Waals surface area (Å²) in [7, 11) is 3.82. The molecular weight excluding hydrogens is 420 g/mol. The van der Waals surface area contributed by atoms with Gasteiger partial charge in [0.05, 0.1) is 11.1 Å². The Morgan fingerprint density at radius 1 is 0.935 bits per heavy atom. The number of nitrogens with zero attached hydrogens (tertiary/aromatic N) is 2. The number of hydrogen-bond acceptors (Lipinski definition) is 3. The molecule has 164 valence electrons. The Balaban J connectivity index is 1.90. The largest absolute Gasteiger partial charge is 0.433 e. The molecule has 3 nitrogen and oxygen atoms in total. The molecule has 0 aliphatic heterocycles. The standard InChI is InChI=1S/C22H19F6N3/c1-31(2)15-10-8-14(9-11-15)5-4-12-29-18-13-19(22(26,27)28)30-20-16(18)6-3-7-17(20)21(23,24)25/h3-11,13H,12H2,1-2H3,(H,29,30)/b5-4-. The zero-order chi connectivity index (χ0) is 22.8. The monoisotopic (exact) mass is 439 g/mol. The smallest absolute Gasteiger partial charge is 0.381 e. The van der Waals surface area contributed by atoms with Gasteiger partial charge in [-0.25, -0.2) is 4.98 Å². The van der Waals surface area contributed by atoms with Crippen LogP contribution in [0, 0.1) is 0 Å². The number of benzene rings is 2. The van der Waals surface area contributed by atoms with Gasteiger partial charge >= 0.3 is 12.4 Å². The highest BCUT2D eigenvalue weighted by atomic mass is 19.4. The van der Waals surface area contributed by atoms with Crippen LogP contribution in [0.25, 0.3) is 17.0 Å². The SMILES string of the molecule is CN(C)c1ccc(/C=C\CNc2cc(C(F)(F)F)nc3c(C(F)(F)F)cccc23)cc1. The Kier molecular flexibility index (Phi) is 6.15. The summed E-state index contributed by atoms with van der Waals surface area (Å²) < 4.78 is 79.6. The van der Waals surface area contributed by atoms with Crippen LogP contribution in [0.3, 0.4) is 0 Å². The fraction of sp³-hybridized carbons (Fsp3) is 0.227. The molecule has 9 heteroatoms. The highest BCUT2D eigenvalue weighted by Gasteiger charge is 2.37. The van der Waals surface area contributed by atoms with E-state index in [-0.39, 0.29) is 17.6 Å². The molecule has 0 saturated heterocycles. The van der Waals surface area contributed by atoms with Crippen molar-refractivity contribution in [2.75, 3.05) is 30.9 Å². The predicted octanol–water partition coefficient (Wildman–Crippen LogP) is 6.46. The van der Waals surface area contributed by atoms with E-state index in [0.29, 0.717) is 0 Å². The fourth-order valence-electron chi connectivity index (χ4n) is 3.02. The predicted molar refractivity (Wildman–Crippen MR) is 110 cm³/mol. The number of hydrogen-bond donors (Lipinski definition) is 1. The van der Waals surface area contributed by atoms with Gasteiger partial charge < -0.3 is 10.2 Å². The molecule has 0 fully saturated rings. The highest BCUT2D eigenvalue weighted by Crippen LogP contribution is 2.39. The summed E-state index contributed by atoms with van der Waals surface area (Å²) >= 11 is 0. The second-order valence-corrected chi connectivity index (χ2v) is 7.02. The first-order valence-electron chi connectivity index (χ1n) is 9.23. The summed E-state index contributed by atoms with van der Waals surface area (Å²) in [6.45, 7) is 0.113. The molecule has 1 heterocycles. The third-order valence-corrected chi connectivity index (χ3v) is 4.57. The molecule has 1 aromatic heterocycles. The number of fused-ring (bicyclic) bond motifs is 1. The summed E-state index contributed by atoms with van der Waals surface area (Å²) in [5.41, 5.74) is -1.52. The van der Waals surface area contributed by atoms with Gasteiger partial charge in [0.25, 0.3) is 0 Å². The van der Waals surface area contributed by atoms with Crippen LogP contribution in [0.15, 0.2) is 54.6 Å². The summed E-state index contributed by atoms with van der Waals surface area (Å²) in [6.07, 6.45) is -6.26. The van der Waals surface area contributed by atoms with E-state index in [1.165, 1.54) is 6.07 Å². The number of para-hydroxylation sites is 1. The van der Waals surface area contributed by atoms with E-state index in [4.69, 9.17) is 0 Å². The molecule has 0 radical (unpaired) electrons. The van der Waals surface area contributed by atoms with E-state index in [9.17, 15) is 26.3 Å². The van der Waals surface area contributed by atoms with Crippen LogP contribution in [-0.4, -0.2) is 25.6 Å². The van der Waals surface area contributed by atoms with Gasteiger partial charge in [-0.2, -0.15) is 26.3 Å². The molecule has 2 aromatic carbocycles. The average Bonchev–Trinajstić information content (AvgIpc) is 2.69. The minimum Gasteiger partial charge on any atom is -0.381 e. The topological polar surface area (TPSA) is 28.2 Å². The van der Waals surface area contributed by atoms with E-state index in [0.717, 1.165) is 29.4 Å². The molecule has 0 spiro atoms. The number of rotatable bonds is 5. The second-order valence-electron chi connectivity index (χ2n) is 7.02. The van der Waals surface area contributed by atoms with Crippen molar-refractivity contribution in [3.63, 3.8) is 0 Å². The van der Waals surface area contributed by atoms with Crippen molar-refractivity contribution in [1.82, 2.24) is 4.98 Å². The number of pyridine rings is 1. The summed E-state index contributed by atoms with van der Waals surface area (Å²) in [5.74, 6) is 0. The van der Waals surface area contributed by atoms with Crippen molar-refractivity contribution in [2.24, 2.45) is 0 Å². The van der Waals surface area contributed by atoms with E-state index in [1.807, 2.05) is 43.3 Å². The third-order valence-electron chi connectivity index (χ3n) is 4.57. The maximum Gasteiger partial charge on any atom is 0.433 e. The fourth-order valence-corrected chi connectivity index (χ4v) is 3.02. The molecule has 0 aliphatic rings. The van der Waals surface area contributed by atoms with E-state index >= 15 is 0 Å². The summed E-state index contributed by atoms with van der Waals surface area (Å²) in [6, 6.07) is 11.5. The Labute approximate surface area is 175 Å². The van der Waals surface area contributed by atoms with Gasteiger partial charge in [0.1, 0.15) is 5.69 Å². The number of anilines is 2. The summed E-state index contributed by atoms with van der Waals surface area (Å²) in [4.78, 5) is 5.21. The molecule has 0 bridgehead atoms. The average molecular weight is 439 g/mol. The minimum absolute atomic E-state index is 0.0356. The van der Waals surface area contributed by atoms with Gasteiger partial charge in [0.2, 0.25) is 0 Å². The zero-order valence-electron chi connectivity index (χ0n) is 16.6. The molecular formula is C22H19F6N3. The van der Waals surface area contributed by atoms with Gasteiger partial charge in [0.15, 0.2) is 0 Å². The van der Waals surface area contributed by atoms with Crippen LogP contribution in [0.1, 0.15) is 16.8 Å². The van der Waals surface area contributed by atoms with Crippen LogP contribution < -0.4 is 10.2 Å². The van der Waals surface area contributed by atoms with Crippen LogP contribution in [-0.2, 0) is 12.4 Å². The Morgan fingerprint density at radius 2 is 1.61 bits per heavy atom. The van der Waals surface area contributed by atoms with Gasteiger partial charge in [-0.3, -0.25) is 0 Å². The quantitative estimate of drug-likeness (QED) is 0.462. The van der Waals surface area contributed by atoms with E-state index in [1.54, 1.807) is 12.2 Å². The lowest BCUT2D eigenvalue weighted by Gasteiger charge is -2.16. The van der Waals surface area contributed by atoms with Crippen LogP contribution in [0.4, 0.5) is 37.7 Å². The maximum atomic E-state index is 13.3. The van der Waals surface area contributed by atoms with Crippen molar-refractivity contribution in [1.29, 1.82) is 0 Å². The zero-order valence-corrected chi connectivity index (χ0v) is 16.6. The third kappa shape index (κ3) is 5.28. The minimum atomic E-state index is -4.88. The molecule has 0 atom stereocenters. The number of halogens is 6.